The van der Waals surface area contributed by atoms with Crippen LogP contribution in [0.25, 0.3) is 0 Å². The summed E-state index contributed by atoms with van der Waals surface area (Å²) < 4.78 is 23.4. The minimum Gasteiger partial charge on any atom is -0.227 e. The number of allylic oxidation sites excluding steroid dienone is 4. The van der Waals surface area contributed by atoms with Gasteiger partial charge in [-0.2, -0.15) is 0 Å². The van der Waals surface area contributed by atoms with Crippen molar-refractivity contribution in [2.24, 2.45) is 34.5 Å². The minimum atomic E-state index is -2.07. The molecule has 0 spiro atoms. The SMILES string of the molecule is CC1(C)[C@@H]2CC(O[P+](=O)OC3=C[C@H]4C[C@@H](C3)C4(C)C)=C[C@H]1C2. The molecule has 0 aromatic rings. The summed E-state index contributed by atoms with van der Waals surface area (Å²) in [5.41, 5.74) is 0.774. The van der Waals surface area contributed by atoms with Crippen molar-refractivity contribution in [3.8, 4) is 0 Å². The summed E-state index contributed by atoms with van der Waals surface area (Å²) in [7, 11) is -2.07. The molecule has 0 N–H and O–H groups in total. The molecule has 0 heterocycles. The molecule has 0 amide bonds. The zero-order chi connectivity index (χ0) is 15.7. The van der Waals surface area contributed by atoms with E-state index in [1.807, 2.05) is 0 Å². The average Bonchev–Trinajstić information content (AvgIpc) is 2.47. The van der Waals surface area contributed by atoms with Crippen LogP contribution in [0.3, 0.4) is 0 Å². The highest BCUT2D eigenvalue weighted by molar-refractivity contribution is 7.33. The number of hydrogen-bond acceptors (Lipinski definition) is 3. The van der Waals surface area contributed by atoms with Crippen LogP contribution in [0.1, 0.15) is 53.4 Å². The third-order valence-electron chi connectivity index (χ3n) is 7.15. The summed E-state index contributed by atoms with van der Waals surface area (Å²) in [6.07, 6.45) is 8.66. The molecule has 2 saturated carbocycles. The zero-order valence-corrected chi connectivity index (χ0v) is 14.9. The van der Waals surface area contributed by atoms with Crippen molar-refractivity contribution in [2.45, 2.75) is 53.4 Å². The summed E-state index contributed by atoms with van der Waals surface area (Å²) in [4.78, 5) is 0. The predicted molar refractivity (Wildman–Crippen MR) is 85.9 cm³/mol. The van der Waals surface area contributed by atoms with Crippen molar-refractivity contribution >= 4 is 8.25 Å². The fourth-order valence-corrected chi connectivity index (χ4v) is 5.48. The Morgan fingerprint density at radius 2 is 1.32 bits per heavy atom. The van der Waals surface area contributed by atoms with E-state index >= 15 is 0 Å². The quantitative estimate of drug-likeness (QED) is 0.634. The summed E-state index contributed by atoms with van der Waals surface area (Å²) >= 11 is 0. The first kappa shape index (κ1) is 14.8. The van der Waals surface area contributed by atoms with Crippen molar-refractivity contribution in [2.75, 3.05) is 0 Å². The summed E-state index contributed by atoms with van der Waals surface area (Å²) in [6, 6.07) is 0. The molecule has 6 aliphatic rings. The van der Waals surface area contributed by atoms with Crippen LogP contribution >= 0.6 is 8.25 Å². The topological polar surface area (TPSA) is 35.5 Å². The van der Waals surface area contributed by atoms with Gasteiger partial charge in [0, 0.05) is 17.4 Å². The van der Waals surface area contributed by atoms with E-state index in [0.29, 0.717) is 34.5 Å². The molecule has 6 aliphatic carbocycles. The lowest BCUT2D eigenvalue weighted by Gasteiger charge is -2.54. The van der Waals surface area contributed by atoms with Crippen LogP contribution in [-0.2, 0) is 13.6 Å². The maximum Gasteiger partial charge on any atom is 0.804 e. The van der Waals surface area contributed by atoms with E-state index in [0.717, 1.165) is 24.4 Å². The van der Waals surface area contributed by atoms with Gasteiger partial charge in [0.05, 0.1) is 0 Å². The van der Waals surface area contributed by atoms with Gasteiger partial charge in [0.1, 0.15) is 0 Å². The maximum atomic E-state index is 12.2. The van der Waals surface area contributed by atoms with Crippen LogP contribution in [-0.4, -0.2) is 0 Å². The normalized spacial score (nSPS) is 39.6. The largest absolute Gasteiger partial charge is 0.804 e. The summed E-state index contributed by atoms with van der Waals surface area (Å²) in [6.45, 7) is 9.26. The van der Waals surface area contributed by atoms with E-state index in [2.05, 4.69) is 39.8 Å². The Morgan fingerprint density at radius 3 is 1.59 bits per heavy atom. The van der Waals surface area contributed by atoms with E-state index in [1.165, 1.54) is 12.8 Å². The molecule has 0 aliphatic heterocycles. The van der Waals surface area contributed by atoms with Crippen molar-refractivity contribution in [3.05, 3.63) is 23.7 Å². The molecule has 4 atom stereocenters. The Bertz CT molecular complexity index is 537. The number of fused-ring (bicyclic) bond motifs is 2. The van der Waals surface area contributed by atoms with Crippen molar-refractivity contribution in [3.63, 3.8) is 0 Å². The molecule has 0 aromatic carbocycles. The van der Waals surface area contributed by atoms with Crippen LogP contribution in [0.4, 0.5) is 0 Å². The van der Waals surface area contributed by atoms with Gasteiger partial charge in [0.2, 0.25) is 0 Å². The molecule has 120 valence electrons. The van der Waals surface area contributed by atoms with Gasteiger partial charge in [-0.15, -0.1) is 0 Å². The fraction of sp³-hybridized carbons (Fsp3) is 0.778. The second-order valence-corrected chi connectivity index (χ2v) is 9.61. The molecule has 6 rings (SSSR count). The first-order chi connectivity index (χ1) is 10.3. The van der Waals surface area contributed by atoms with Gasteiger partial charge in [-0.3, -0.25) is 0 Å². The lowest BCUT2D eigenvalue weighted by molar-refractivity contribution is -0.0153. The molecular formula is C18H26O3P+. The van der Waals surface area contributed by atoms with Crippen LogP contribution in [0.15, 0.2) is 23.7 Å². The van der Waals surface area contributed by atoms with Gasteiger partial charge in [0.25, 0.3) is 0 Å². The number of rotatable bonds is 4. The highest BCUT2D eigenvalue weighted by Crippen LogP contribution is 2.60. The van der Waals surface area contributed by atoms with Crippen LogP contribution < -0.4 is 0 Å². The van der Waals surface area contributed by atoms with Crippen LogP contribution in [0, 0.1) is 34.5 Å². The van der Waals surface area contributed by atoms with Crippen molar-refractivity contribution < 1.29 is 13.6 Å². The van der Waals surface area contributed by atoms with Gasteiger partial charge in [-0.1, -0.05) is 27.7 Å². The lowest BCUT2D eigenvalue weighted by Crippen LogP contribution is -2.47. The Labute approximate surface area is 134 Å². The Balaban J connectivity index is 1.35. The minimum absolute atomic E-state index is 0.387. The molecule has 0 radical (unpaired) electrons. The third kappa shape index (κ3) is 2.08. The molecule has 0 aromatic heterocycles. The van der Waals surface area contributed by atoms with E-state index in [9.17, 15) is 4.57 Å². The fourth-order valence-electron chi connectivity index (χ4n) is 4.79. The average molecular weight is 321 g/mol. The first-order valence-corrected chi connectivity index (χ1v) is 9.61. The highest BCUT2D eigenvalue weighted by Gasteiger charge is 2.53. The van der Waals surface area contributed by atoms with Crippen LogP contribution in [0.2, 0.25) is 0 Å². The molecule has 22 heavy (non-hydrogen) atoms. The van der Waals surface area contributed by atoms with Gasteiger partial charge < -0.3 is 0 Å². The Hall–Kier alpha value is -0.820. The lowest BCUT2D eigenvalue weighted by atomic mass is 9.51. The van der Waals surface area contributed by atoms with E-state index in [4.69, 9.17) is 9.05 Å². The number of hydrogen-bond donors (Lipinski definition) is 0. The van der Waals surface area contributed by atoms with Gasteiger partial charge in [0.15, 0.2) is 11.5 Å². The Morgan fingerprint density at radius 1 is 0.909 bits per heavy atom. The first-order valence-electron chi connectivity index (χ1n) is 8.51. The van der Waals surface area contributed by atoms with Gasteiger partial charge >= 0.3 is 8.25 Å². The van der Waals surface area contributed by atoms with Gasteiger partial charge in [-0.05, 0) is 59.5 Å². The Kier molecular flexibility index (Phi) is 3.08. The van der Waals surface area contributed by atoms with Crippen molar-refractivity contribution in [1.82, 2.24) is 0 Å². The molecule has 3 nitrogen and oxygen atoms in total. The predicted octanol–water partition coefficient (Wildman–Crippen LogP) is 5.58. The van der Waals surface area contributed by atoms with E-state index in [1.54, 1.807) is 0 Å². The maximum absolute atomic E-state index is 12.2. The molecule has 4 heteroatoms. The summed E-state index contributed by atoms with van der Waals surface area (Å²) in [5, 5.41) is 0. The van der Waals surface area contributed by atoms with E-state index < -0.39 is 8.25 Å². The molecule has 0 saturated heterocycles. The van der Waals surface area contributed by atoms with Crippen molar-refractivity contribution in [1.29, 1.82) is 0 Å². The molecular weight excluding hydrogens is 295 g/mol. The second-order valence-electron chi connectivity index (χ2n) is 8.80. The van der Waals surface area contributed by atoms with E-state index in [-0.39, 0.29) is 0 Å². The molecule has 4 bridgehead atoms. The van der Waals surface area contributed by atoms with Crippen LogP contribution in [0.5, 0.6) is 0 Å². The monoisotopic (exact) mass is 321 g/mol. The standard InChI is InChI=1S/C18H26O3P/c1-17(2)11-5-12(17)8-15(7-11)20-22(19)21-16-9-13-6-14(10-16)18(13,3)4/h7,9,11-14H,5-6,8,10H2,1-4H3/q+1/t11-,12+,13-,14+/m1/s1. The zero-order valence-electron chi connectivity index (χ0n) is 14.0. The smallest absolute Gasteiger partial charge is 0.227 e. The third-order valence-corrected chi connectivity index (χ3v) is 7.91. The molecule has 2 fully saturated rings. The summed E-state index contributed by atoms with van der Waals surface area (Å²) in [5.74, 6) is 4.25. The highest BCUT2D eigenvalue weighted by atomic mass is 31.1. The van der Waals surface area contributed by atoms with Gasteiger partial charge in [-0.25, -0.2) is 9.05 Å². The second kappa shape index (κ2) is 4.60. The molecule has 0 unspecified atom stereocenters.